The first kappa shape index (κ1) is 19.1. The van der Waals surface area contributed by atoms with Crippen molar-refractivity contribution in [3.63, 3.8) is 0 Å². The summed E-state index contributed by atoms with van der Waals surface area (Å²) in [6.45, 7) is 2.27. The van der Waals surface area contributed by atoms with Crippen molar-refractivity contribution in [2.24, 2.45) is 0 Å². The van der Waals surface area contributed by atoms with Gasteiger partial charge in [0.1, 0.15) is 5.75 Å². The van der Waals surface area contributed by atoms with Gasteiger partial charge in [-0.1, -0.05) is 55.3 Å². The van der Waals surface area contributed by atoms with Gasteiger partial charge < -0.3 is 9.72 Å². The predicted octanol–water partition coefficient (Wildman–Crippen LogP) is 6.24. The standard InChI is InChI=1S/C24H26ClNO2/c1-2-11-24(18-6-4-3-5-7-18)12-8-19(9-13-24)28-22-15-17-10-14-26-23(27)20(17)16-21(22)25/h3-7,10,14-16,19H,2,8-9,11-13H2,1H3,(H,26,27). The first-order chi connectivity index (χ1) is 13.6. The zero-order valence-corrected chi connectivity index (χ0v) is 17.0. The van der Waals surface area contributed by atoms with Crippen LogP contribution in [0.4, 0.5) is 0 Å². The molecule has 1 N–H and O–H groups in total. The Hall–Kier alpha value is -2.26. The molecule has 3 nitrogen and oxygen atoms in total. The van der Waals surface area contributed by atoms with Crippen molar-refractivity contribution >= 4 is 22.4 Å². The molecule has 4 rings (SSSR count). The van der Waals surface area contributed by atoms with Crippen LogP contribution in [-0.2, 0) is 5.41 Å². The lowest BCUT2D eigenvalue weighted by atomic mass is 9.66. The molecule has 1 heterocycles. The summed E-state index contributed by atoms with van der Waals surface area (Å²) in [6, 6.07) is 16.4. The summed E-state index contributed by atoms with van der Waals surface area (Å²) in [5, 5.41) is 1.94. The maximum absolute atomic E-state index is 11.9. The molecular weight excluding hydrogens is 370 g/mol. The number of nitrogens with one attached hydrogen (secondary N) is 1. The highest BCUT2D eigenvalue weighted by Crippen LogP contribution is 2.44. The molecule has 1 fully saturated rings. The lowest BCUT2D eigenvalue weighted by Crippen LogP contribution is -2.35. The molecule has 28 heavy (non-hydrogen) atoms. The number of H-pyrrole nitrogens is 1. The average molecular weight is 396 g/mol. The van der Waals surface area contributed by atoms with Crippen LogP contribution in [0, 0.1) is 0 Å². The van der Waals surface area contributed by atoms with Crippen molar-refractivity contribution in [3.05, 3.63) is 75.7 Å². The van der Waals surface area contributed by atoms with E-state index in [1.54, 1.807) is 12.3 Å². The minimum atomic E-state index is -0.129. The van der Waals surface area contributed by atoms with Gasteiger partial charge in [-0.25, -0.2) is 0 Å². The van der Waals surface area contributed by atoms with Crippen LogP contribution in [0.15, 0.2) is 59.5 Å². The predicted molar refractivity (Wildman–Crippen MR) is 115 cm³/mol. The van der Waals surface area contributed by atoms with Crippen molar-refractivity contribution < 1.29 is 4.74 Å². The van der Waals surface area contributed by atoms with Crippen LogP contribution in [0.3, 0.4) is 0 Å². The summed E-state index contributed by atoms with van der Waals surface area (Å²) in [5.74, 6) is 0.674. The molecule has 0 radical (unpaired) electrons. The van der Waals surface area contributed by atoms with Gasteiger partial charge in [0.05, 0.1) is 11.1 Å². The van der Waals surface area contributed by atoms with Crippen molar-refractivity contribution in [2.75, 3.05) is 0 Å². The Morgan fingerprint density at radius 3 is 2.61 bits per heavy atom. The van der Waals surface area contributed by atoms with Crippen LogP contribution < -0.4 is 10.3 Å². The van der Waals surface area contributed by atoms with Crippen LogP contribution in [0.1, 0.15) is 51.0 Å². The summed E-state index contributed by atoms with van der Waals surface area (Å²) in [7, 11) is 0. The summed E-state index contributed by atoms with van der Waals surface area (Å²) < 4.78 is 6.30. The number of benzene rings is 2. The molecule has 0 bridgehead atoms. The quantitative estimate of drug-likeness (QED) is 0.555. The van der Waals surface area contributed by atoms with Crippen LogP contribution in [-0.4, -0.2) is 11.1 Å². The van der Waals surface area contributed by atoms with Gasteiger partial charge in [0.2, 0.25) is 0 Å². The molecular formula is C24H26ClNO2. The molecule has 0 saturated heterocycles. The third kappa shape index (κ3) is 3.68. The molecule has 1 aliphatic carbocycles. The van der Waals surface area contributed by atoms with Gasteiger partial charge in [0.15, 0.2) is 0 Å². The second kappa shape index (κ2) is 8.00. The van der Waals surface area contributed by atoms with E-state index in [0.717, 1.165) is 31.1 Å². The topological polar surface area (TPSA) is 42.1 Å². The lowest BCUT2D eigenvalue weighted by molar-refractivity contribution is 0.112. The monoisotopic (exact) mass is 395 g/mol. The van der Waals surface area contributed by atoms with E-state index in [2.05, 4.69) is 42.2 Å². The molecule has 0 atom stereocenters. The van der Waals surface area contributed by atoms with Crippen LogP contribution in [0.2, 0.25) is 5.02 Å². The number of rotatable bonds is 5. The number of halogens is 1. The first-order valence-electron chi connectivity index (χ1n) is 10.1. The van der Waals surface area contributed by atoms with Crippen LogP contribution >= 0.6 is 11.6 Å². The number of aromatic amines is 1. The number of aromatic nitrogens is 1. The van der Waals surface area contributed by atoms with E-state index in [-0.39, 0.29) is 17.1 Å². The number of pyridine rings is 1. The zero-order valence-electron chi connectivity index (χ0n) is 16.2. The van der Waals surface area contributed by atoms with Gasteiger partial charge in [0.25, 0.3) is 5.56 Å². The van der Waals surface area contributed by atoms with E-state index in [1.165, 1.54) is 18.4 Å². The number of fused-ring (bicyclic) bond motifs is 1. The average Bonchev–Trinajstić information content (AvgIpc) is 2.72. The van der Waals surface area contributed by atoms with E-state index >= 15 is 0 Å². The van der Waals surface area contributed by atoms with Gasteiger partial charge in [-0.3, -0.25) is 4.79 Å². The normalized spacial score (nSPS) is 22.3. The molecule has 0 unspecified atom stereocenters. The SMILES string of the molecule is CCCC1(c2ccccc2)CCC(Oc2cc3cc[nH]c(=O)c3cc2Cl)CC1. The highest BCUT2D eigenvalue weighted by molar-refractivity contribution is 6.32. The summed E-state index contributed by atoms with van der Waals surface area (Å²) in [5.41, 5.74) is 1.59. The van der Waals surface area contributed by atoms with E-state index in [1.807, 2.05) is 12.1 Å². The fourth-order valence-corrected chi connectivity index (χ4v) is 4.88. The fraction of sp³-hybridized carbons (Fsp3) is 0.375. The molecule has 0 amide bonds. The van der Waals surface area contributed by atoms with Crippen LogP contribution in [0.5, 0.6) is 5.75 Å². The van der Waals surface area contributed by atoms with Crippen molar-refractivity contribution in [1.82, 2.24) is 4.98 Å². The summed E-state index contributed by atoms with van der Waals surface area (Å²) >= 11 is 6.42. The van der Waals surface area contributed by atoms with E-state index in [0.29, 0.717) is 16.2 Å². The number of hydrogen-bond donors (Lipinski definition) is 1. The molecule has 1 aliphatic rings. The molecule has 1 saturated carbocycles. The first-order valence-corrected chi connectivity index (χ1v) is 10.5. The van der Waals surface area contributed by atoms with Crippen molar-refractivity contribution in [1.29, 1.82) is 0 Å². The van der Waals surface area contributed by atoms with E-state index < -0.39 is 0 Å². The highest BCUT2D eigenvalue weighted by Gasteiger charge is 2.36. The Kier molecular flexibility index (Phi) is 5.45. The molecule has 0 aliphatic heterocycles. The minimum Gasteiger partial charge on any atom is -0.489 e. The second-order valence-corrected chi connectivity index (χ2v) is 8.30. The van der Waals surface area contributed by atoms with E-state index in [9.17, 15) is 4.79 Å². The third-order valence-corrected chi connectivity index (χ3v) is 6.42. The third-order valence-electron chi connectivity index (χ3n) is 6.12. The molecule has 0 spiro atoms. The maximum atomic E-state index is 11.9. The molecule has 1 aromatic heterocycles. The molecule has 4 heteroatoms. The Balaban J connectivity index is 1.52. The van der Waals surface area contributed by atoms with Gasteiger partial charge in [-0.15, -0.1) is 0 Å². The fourth-order valence-electron chi connectivity index (χ4n) is 4.67. The highest BCUT2D eigenvalue weighted by atomic mass is 35.5. The Morgan fingerprint density at radius 2 is 1.89 bits per heavy atom. The number of ether oxygens (including phenoxy) is 1. The summed E-state index contributed by atoms with van der Waals surface area (Å²) in [6.07, 6.45) is 8.49. The molecule has 2 aromatic carbocycles. The lowest BCUT2D eigenvalue weighted by Gasteiger charge is -2.41. The van der Waals surface area contributed by atoms with Gasteiger partial charge in [0, 0.05) is 11.6 Å². The minimum absolute atomic E-state index is 0.129. The molecule has 146 valence electrons. The maximum Gasteiger partial charge on any atom is 0.255 e. The van der Waals surface area contributed by atoms with Crippen molar-refractivity contribution in [2.45, 2.75) is 57.0 Å². The van der Waals surface area contributed by atoms with Crippen LogP contribution in [0.25, 0.3) is 10.8 Å². The molecule has 3 aromatic rings. The zero-order chi connectivity index (χ0) is 19.6. The Bertz CT molecular complexity index is 1000. The number of hydrogen-bond acceptors (Lipinski definition) is 2. The van der Waals surface area contributed by atoms with Gasteiger partial charge >= 0.3 is 0 Å². The van der Waals surface area contributed by atoms with E-state index in [4.69, 9.17) is 16.3 Å². The van der Waals surface area contributed by atoms with Gasteiger partial charge in [-0.05, 0) is 66.7 Å². The summed E-state index contributed by atoms with van der Waals surface area (Å²) in [4.78, 5) is 14.6. The Morgan fingerprint density at radius 1 is 1.14 bits per heavy atom. The largest absolute Gasteiger partial charge is 0.489 e. The Labute approximate surface area is 170 Å². The second-order valence-electron chi connectivity index (χ2n) is 7.89. The van der Waals surface area contributed by atoms with Crippen molar-refractivity contribution in [3.8, 4) is 5.75 Å². The smallest absolute Gasteiger partial charge is 0.255 e. The van der Waals surface area contributed by atoms with Gasteiger partial charge in [-0.2, -0.15) is 0 Å².